The molecule has 0 N–H and O–H groups in total. The van der Waals surface area contributed by atoms with Crippen molar-refractivity contribution in [2.45, 2.75) is 24.1 Å². The Bertz CT molecular complexity index is 1510. The highest BCUT2D eigenvalue weighted by Gasteiger charge is 2.15. The van der Waals surface area contributed by atoms with Crippen LogP contribution < -0.4 is 10.3 Å². The maximum absolute atomic E-state index is 13.3. The number of hydrogen-bond acceptors (Lipinski definition) is 7. The Kier molecular flexibility index (Phi) is 6.49. The fourth-order valence-electron chi connectivity index (χ4n) is 3.56. The molecule has 2 aromatic heterocycles. The molecule has 5 rings (SSSR count). The number of thioether (sulfide) groups is 1. The van der Waals surface area contributed by atoms with E-state index in [0.29, 0.717) is 39.9 Å². The van der Waals surface area contributed by atoms with E-state index in [1.165, 1.54) is 28.6 Å². The monoisotopic (exact) mass is 492 g/mol. The number of tetrazole rings is 1. The number of nitrogens with zero attached hydrogens (tertiary/aromatic N) is 6. The van der Waals surface area contributed by atoms with Crippen molar-refractivity contribution < 1.29 is 13.5 Å². The first-order chi connectivity index (χ1) is 17.1. The summed E-state index contributed by atoms with van der Waals surface area (Å²) in [6, 6.07) is 22.9. The van der Waals surface area contributed by atoms with Gasteiger partial charge in [-0.05, 0) is 52.4 Å². The third-order valence-electron chi connectivity index (χ3n) is 5.18. The molecule has 5 aromatic rings. The lowest BCUT2D eigenvalue weighted by atomic mass is 10.2. The molecule has 0 aliphatic heterocycles. The Balaban J connectivity index is 1.44. The molecule has 3 aromatic carbocycles. The molecule has 0 spiro atoms. The molecule has 0 aliphatic carbocycles. The minimum Gasteiger partial charge on any atom is -0.435 e. The Morgan fingerprint density at radius 3 is 2.46 bits per heavy atom. The maximum Gasteiger partial charge on any atom is 0.387 e. The van der Waals surface area contributed by atoms with E-state index in [9.17, 15) is 13.6 Å². The van der Waals surface area contributed by atoms with Gasteiger partial charge in [0.25, 0.3) is 5.56 Å². The number of aromatic nitrogens is 6. The average molecular weight is 493 g/mol. The summed E-state index contributed by atoms with van der Waals surface area (Å²) >= 11 is 1.34. The fraction of sp³-hybridized carbons (Fsp3) is 0.125. The largest absolute Gasteiger partial charge is 0.435 e. The first-order valence-corrected chi connectivity index (χ1v) is 11.6. The van der Waals surface area contributed by atoms with Crippen LogP contribution in [0.15, 0.2) is 88.8 Å². The van der Waals surface area contributed by atoms with Crippen molar-refractivity contribution in [2.24, 2.45) is 0 Å². The zero-order valence-electron chi connectivity index (χ0n) is 18.2. The Morgan fingerprint density at radius 2 is 1.69 bits per heavy atom. The molecular formula is C24H18F2N6O2S. The molecule has 0 bridgehead atoms. The molecule has 2 heterocycles. The number of halogens is 2. The van der Waals surface area contributed by atoms with E-state index in [0.717, 1.165) is 5.56 Å². The van der Waals surface area contributed by atoms with E-state index in [1.807, 2.05) is 42.5 Å². The smallest absolute Gasteiger partial charge is 0.387 e. The van der Waals surface area contributed by atoms with Crippen LogP contribution in [0.25, 0.3) is 16.6 Å². The van der Waals surface area contributed by atoms with Gasteiger partial charge >= 0.3 is 6.61 Å². The van der Waals surface area contributed by atoms with Gasteiger partial charge in [-0.1, -0.05) is 54.2 Å². The van der Waals surface area contributed by atoms with Gasteiger partial charge in [0, 0.05) is 0 Å². The van der Waals surface area contributed by atoms with Crippen LogP contribution in [0.2, 0.25) is 0 Å². The zero-order valence-corrected chi connectivity index (χ0v) is 19.0. The quantitative estimate of drug-likeness (QED) is 0.236. The lowest BCUT2D eigenvalue weighted by Gasteiger charge is -2.13. The molecule has 0 atom stereocenters. The molecular weight excluding hydrogens is 474 g/mol. The van der Waals surface area contributed by atoms with Gasteiger partial charge in [-0.15, -0.1) is 5.10 Å². The molecule has 0 saturated carbocycles. The van der Waals surface area contributed by atoms with Gasteiger partial charge in [0.2, 0.25) is 0 Å². The minimum absolute atomic E-state index is 0.0399. The van der Waals surface area contributed by atoms with Crippen LogP contribution >= 0.6 is 11.8 Å². The highest BCUT2D eigenvalue weighted by molar-refractivity contribution is 7.98. The van der Waals surface area contributed by atoms with Crippen LogP contribution in [0.3, 0.4) is 0 Å². The highest BCUT2D eigenvalue weighted by Crippen LogP contribution is 2.24. The van der Waals surface area contributed by atoms with E-state index < -0.39 is 6.61 Å². The lowest BCUT2D eigenvalue weighted by Crippen LogP contribution is -2.24. The number of fused-ring (bicyclic) bond motifs is 1. The van der Waals surface area contributed by atoms with Crippen LogP contribution in [0.5, 0.6) is 5.75 Å². The zero-order chi connectivity index (χ0) is 24.2. The summed E-state index contributed by atoms with van der Waals surface area (Å²) in [7, 11) is 0. The second kappa shape index (κ2) is 10.0. The molecule has 0 unspecified atom stereocenters. The molecule has 0 fully saturated rings. The highest BCUT2D eigenvalue weighted by atomic mass is 32.2. The molecule has 11 heteroatoms. The Hall–Kier alpha value is -4.12. The second-order valence-corrected chi connectivity index (χ2v) is 8.40. The van der Waals surface area contributed by atoms with E-state index in [4.69, 9.17) is 4.98 Å². The second-order valence-electron chi connectivity index (χ2n) is 7.46. The molecule has 176 valence electrons. The van der Waals surface area contributed by atoms with Crippen molar-refractivity contribution >= 4 is 22.7 Å². The summed E-state index contributed by atoms with van der Waals surface area (Å²) < 4.78 is 32.4. The van der Waals surface area contributed by atoms with Crippen LogP contribution in [0.4, 0.5) is 8.78 Å². The lowest BCUT2D eigenvalue weighted by molar-refractivity contribution is -0.0498. The normalized spacial score (nSPS) is 11.3. The van der Waals surface area contributed by atoms with Crippen molar-refractivity contribution in [1.29, 1.82) is 0 Å². The third kappa shape index (κ3) is 5.04. The number of alkyl halides is 2. The molecule has 0 radical (unpaired) electrons. The van der Waals surface area contributed by atoms with E-state index >= 15 is 0 Å². The number of ether oxygens (including phenoxy) is 1. The van der Waals surface area contributed by atoms with Crippen molar-refractivity contribution in [3.8, 4) is 11.4 Å². The molecule has 35 heavy (non-hydrogen) atoms. The predicted octanol–water partition coefficient (Wildman–Crippen LogP) is 4.31. The number of para-hydroxylation sites is 1. The standard InChI is InChI=1S/C24H18F2N6O2S/c25-23(26)34-18-12-10-17(11-13-18)32-21(28-29-30-32)15-35-24-27-20-9-5-4-8-19(20)22(33)31(24)14-16-6-2-1-3-7-16/h1-13,23H,14-15H2. The van der Waals surface area contributed by atoms with Crippen LogP contribution in [-0.2, 0) is 12.3 Å². The number of rotatable bonds is 8. The molecule has 0 saturated heterocycles. The third-order valence-corrected chi connectivity index (χ3v) is 6.15. The van der Waals surface area contributed by atoms with Gasteiger partial charge in [-0.25, -0.2) is 4.98 Å². The Morgan fingerprint density at radius 1 is 0.943 bits per heavy atom. The summed E-state index contributed by atoms with van der Waals surface area (Å²) in [6.07, 6.45) is 0. The number of hydrogen-bond donors (Lipinski definition) is 0. The van der Waals surface area contributed by atoms with Gasteiger partial charge in [-0.3, -0.25) is 9.36 Å². The van der Waals surface area contributed by atoms with Crippen LogP contribution in [0, 0.1) is 0 Å². The van der Waals surface area contributed by atoms with Crippen molar-refractivity contribution in [2.75, 3.05) is 0 Å². The topological polar surface area (TPSA) is 87.7 Å². The first kappa shape index (κ1) is 22.7. The number of benzene rings is 3. The summed E-state index contributed by atoms with van der Waals surface area (Å²) in [5, 5.41) is 12.9. The van der Waals surface area contributed by atoms with E-state index in [1.54, 1.807) is 28.8 Å². The summed E-state index contributed by atoms with van der Waals surface area (Å²) in [5.41, 5.74) is 2.04. The Labute approximate surface area is 202 Å². The molecule has 0 aliphatic rings. The molecule has 0 amide bonds. The summed E-state index contributed by atoms with van der Waals surface area (Å²) in [6.45, 7) is -2.53. The van der Waals surface area contributed by atoms with Crippen LogP contribution in [-0.4, -0.2) is 36.4 Å². The van der Waals surface area contributed by atoms with Gasteiger partial charge in [0.05, 0.1) is 28.9 Å². The van der Waals surface area contributed by atoms with E-state index in [-0.39, 0.29) is 11.3 Å². The minimum atomic E-state index is -2.90. The fourth-order valence-corrected chi connectivity index (χ4v) is 4.46. The van der Waals surface area contributed by atoms with Crippen molar-refractivity contribution in [3.05, 3.63) is 101 Å². The first-order valence-electron chi connectivity index (χ1n) is 10.6. The maximum atomic E-state index is 13.3. The van der Waals surface area contributed by atoms with Gasteiger partial charge in [0.15, 0.2) is 11.0 Å². The van der Waals surface area contributed by atoms with E-state index in [2.05, 4.69) is 20.3 Å². The SMILES string of the molecule is O=c1c2ccccc2nc(SCc2nnnn2-c2ccc(OC(F)F)cc2)n1Cc1ccccc1. The summed E-state index contributed by atoms with van der Waals surface area (Å²) in [4.78, 5) is 18.0. The van der Waals surface area contributed by atoms with Crippen LogP contribution in [0.1, 0.15) is 11.4 Å². The van der Waals surface area contributed by atoms with Gasteiger partial charge in [0.1, 0.15) is 5.75 Å². The molecule has 8 nitrogen and oxygen atoms in total. The average Bonchev–Trinajstić information content (AvgIpc) is 3.34. The predicted molar refractivity (Wildman–Crippen MR) is 127 cm³/mol. The van der Waals surface area contributed by atoms with Crippen molar-refractivity contribution in [3.63, 3.8) is 0 Å². The summed E-state index contributed by atoms with van der Waals surface area (Å²) in [5.74, 6) is 0.867. The van der Waals surface area contributed by atoms with Crippen molar-refractivity contribution in [1.82, 2.24) is 29.8 Å². The van der Waals surface area contributed by atoms with Gasteiger partial charge in [-0.2, -0.15) is 13.5 Å². The van der Waals surface area contributed by atoms with Gasteiger partial charge < -0.3 is 4.74 Å².